The van der Waals surface area contributed by atoms with E-state index < -0.39 is 28.9 Å². The maximum Gasteiger partial charge on any atom is 0.322 e. The van der Waals surface area contributed by atoms with Gasteiger partial charge < -0.3 is 14.6 Å². The fraction of sp³-hybridized carbons (Fsp3) is 0.517. The van der Waals surface area contributed by atoms with Crippen LogP contribution >= 0.6 is 63.7 Å². The molecule has 202 valence electrons. The van der Waals surface area contributed by atoms with Gasteiger partial charge in [-0.25, -0.2) is 0 Å². The molecular weight excluding hydrogens is 748 g/mol. The van der Waals surface area contributed by atoms with E-state index in [1.165, 1.54) is 0 Å². The second kappa shape index (κ2) is 9.21. The average Bonchev–Trinajstić information content (AvgIpc) is 3.45. The predicted molar refractivity (Wildman–Crippen MR) is 157 cm³/mol. The lowest BCUT2D eigenvalue weighted by Crippen LogP contribution is -2.61. The minimum Gasteiger partial charge on any atom is -0.392 e. The fourth-order valence-electron chi connectivity index (χ4n) is 8.69. The Hall–Kier alpha value is -0.580. The van der Waals surface area contributed by atoms with Crippen molar-refractivity contribution >= 4 is 75.7 Å². The first kappa shape index (κ1) is 27.6. The highest BCUT2D eigenvalue weighted by Gasteiger charge is 2.89. The molecule has 0 aromatic heterocycles. The van der Waals surface area contributed by atoms with Gasteiger partial charge in [-0.1, -0.05) is 24.3 Å². The molecule has 4 bridgehead atoms. The molecular formula is C29H28Br4O5. The maximum absolute atomic E-state index is 13.7. The number of hydrogen-bond donors (Lipinski definition) is 1. The largest absolute Gasteiger partial charge is 0.392 e. The zero-order chi connectivity index (χ0) is 27.5. The predicted octanol–water partition coefficient (Wildman–Crippen LogP) is 7.60. The topological polar surface area (TPSA) is 72.8 Å². The number of aliphatic hydroxyl groups excluding tert-OH is 1. The smallest absolute Gasteiger partial charge is 0.322 e. The monoisotopic (exact) mass is 772 g/mol. The highest BCUT2D eigenvalue weighted by Crippen LogP contribution is 2.85. The van der Waals surface area contributed by atoms with Crippen molar-refractivity contribution < 1.29 is 24.2 Å². The highest BCUT2D eigenvalue weighted by atomic mass is 79.9. The van der Waals surface area contributed by atoms with E-state index in [1.807, 2.05) is 39.8 Å². The van der Waals surface area contributed by atoms with Crippen molar-refractivity contribution in [3.8, 4) is 0 Å². The molecule has 1 unspecified atom stereocenters. The number of esters is 2. The van der Waals surface area contributed by atoms with E-state index >= 15 is 0 Å². The third kappa shape index (κ3) is 3.10. The second-order valence-corrected chi connectivity index (χ2v) is 14.7. The SMILES string of the molecule is CC(C)OC(C)C.O=C1OC(=O)[C@]23[C@@H]4c5ccccc5[C@@H](c5c(Br)c(Br)c(Br)c(Br)c54)[C@]12[C@@H]1CC[C@H]3C1O. The standard InChI is InChI=1S/C23H14Br4O4.C6H14O/c24-15-11-12(16(25)18(27)17(15)26)14-8-4-2-1-3-7(8)13(11)22-9-5-6-10(19(9)28)23(14,22)21(30)31-20(22)29;1-5(2)7-6(3)4/h1-4,9-10,13-14,19,28H,5-6H2;5-6H,1-4H3/t9-,10+,13+,14-,19?,22-,23+;. The Kier molecular flexibility index (Phi) is 6.69. The first-order valence-corrected chi connectivity index (χ1v) is 16.2. The molecule has 9 heteroatoms. The van der Waals surface area contributed by atoms with Crippen molar-refractivity contribution in [2.24, 2.45) is 22.7 Å². The summed E-state index contributed by atoms with van der Waals surface area (Å²) in [6.07, 6.45) is 1.52. The van der Waals surface area contributed by atoms with E-state index in [-0.39, 0.29) is 23.7 Å². The Bertz CT molecular complexity index is 1290. The summed E-state index contributed by atoms with van der Waals surface area (Å²) in [4.78, 5) is 27.4. The summed E-state index contributed by atoms with van der Waals surface area (Å²) in [6, 6.07) is 8.11. The van der Waals surface area contributed by atoms with Gasteiger partial charge in [0.15, 0.2) is 0 Å². The molecule has 1 N–H and O–H groups in total. The summed E-state index contributed by atoms with van der Waals surface area (Å²) in [7, 11) is 0. The molecule has 0 spiro atoms. The van der Waals surface area contributed by atoms with Gasteiger partial charge in [-0.3, -0.25) is 9.59 Å². The van der Waals surface area contributed by atoms with Crippen LogP contribution in [0.4, 0.5) is 0 Å². The number of fused-ring (bicyclic) bond motifs is 2. The molecule has 8 rings (SSSR count). The summed E-state index contributed by atoms with van der Waals surface area (Å²) in [5, 5.41) is 11.4. The molecule has 38 heavy (non-hydrogen) atoms. The van der Waals surface area contributed by atoms with E-state index in [0.29, 0.717) is 12.2 Å². The van der Waals surface area contributed by atoms with Crippen molar-refractivity contribution in [3.63, 3.8) is 0 Å². The van der Waals surface area contributed by atoms with Crippen LogP contribution in [0, 0.1) is 22.7 Å². The Labute approximate surface area is 255 Å². The summed E-state index contributed by atoms with van der Waals surface area (Å²) in [5.41, 5.74) is 1.98. The number of hydrogen-bond acceptors (Lipinski definition) is 5. The lowest BCUT2D eigenvalue weighted by molar-refractivity contribution is -0.158. The number of halogens is 4. The molecule has 5 nitrogen and oxygen atoms in total. The van der Waals surface area contributed by atoms with Crippen LogP contribution in [0.1, 0.15) is 74.6 Å². The number of ether oxygens (including phenoxy) is 2. The number of benzene rings is 2. The van der Waals surface area contributed by atoms with Crippen LogP contribution in [-0.2, 0) is 19.1 Å². The van der Waals surface area contributed by atoms with Gasteiger partial charge in [0.25, 0.3) is 0 Å². The molecule has 2 aromatic carbocycles. The number of carbonyl (C=O) groups is 2. The molecule has 5 aliphatic carbocycles. The van der Waals surface area contributed by atoms with Gasteiger partial charge in [0, 0.05) is 41.6 Å². The summed E-state index contributed by atoms with van der Waals surface area (Å²) in [5.74, 6) is -2.25. The molecule has 7 atom stereocenters. The second-order valence-electron chi connectivity index (χ2n) is 11.5. The highest BCUT2D eigenvalue weighted by molar-refractivity contribution is 9.15. The minimum atomic E-state index is -1.08. The number of aliphatic hydroxyl groups is 1. The first-order valence-electron chi connectivity index (χ1n) is 13.0. The first-order chi connectivity index (χ1) is 17.9. The molecule has 1 aliphatic heterocycles. The van der Waals surface area contributed by atoms with Crippen molar-refractivity contribution in [1.82, 2.24) is 0 Å². The van der Waals surface area contributed by atoms with Gasteiger partial charge in [0.2, 0.25) is 0 Å². The quantitative estimate of drug-likeness (QED) is 0.147. The zero-order valence-electron chi connectivity index (χ0n) is 21.4. The Balaban J connectivity index is 0.000000337. The van der Waals surface area contributed by atoms with E-state index in [0.717, 1.165) is 53.0 Å². The molecule has 2 aromatic rings. The van der Waals surface area contributed by atoms with Crippen LogP contribution in [0.5, 0.6) is 0 Å². The van der Waals surface area contributed by atoms with E-state index in [1.54, 1.807) is 0 Å². The molecule has 0 radical (unpaired) electrons. The Morgan fingerprint density at radius 1 is 0.789 bits per heavy atom. The van der Waals surface area contributed by atoms with Crippen LogP contribution in [-0.4, -0.2) is 35.4 Å². The molecule has 3 fully saturated rings. The summed E-state index contributed by atoms with van der Waals surface area (Å²) < 4.78 is 14.2. The summed E-state index contributed by atoms with van der Waals surface area (Å²) >= 11 is 15.0. The number of cyclic esters (lactones) is 2. The van der Waals surface area contributed by atoms with Crippen molar-refractivity contribution in [1.29, 1.82) is 0 Å². The van der Waals surface area contributed by atoms with Crippen LogP contribution in [0.25, 0.3) is 0 Å². The Morgan fingerprint density at radius 2 is 1.18 bits per heavy atom. The normalized spacial score (nSPS) is 35.1. The van der Waals surface area contributed by atoms with Crippen molar-refractivity contribution in [3.05, 3.63) is 64.4 Å². The van der Waals surface area contributed by atoms with Gasteiger partial charge in [-0.2, -0.15) is 0 Å². The third-order valence-electron chi connectivity index (χ3n) is 9.32. The van der Waals surface area contributed by atoms with Gasteiger partial charge in [0.1, 0.15) is 10.8 Å². The van der Waals surface area contributed by atoms with Gasteiger partial charge in [0.05, 0.1) is 18.3 Å². The van der Waals surface area contributed by atoms with Crippen LogP contribution in [0.2, 0.25) is 0 Å². The zero-order valence-corrected chi connectivity index (χ0v) is 27.7. The molecule has 1 heterocycles. The molecule has 0 amide bonds. The maximum atomic E-state index is 13.7. The van der Waals surface area contributed by atoms with E-state index in [4.69, 9.17) is 9.47 Å². The van der Waals surface area contributed by atoms with E-state index in [9.17, 15) is 14.7 Å². The van der Waals surface area contributed by atoms with Crippen LogP contribution < -0.4 is 0 Å². The van der Waals surface area contributed by atoms with Crippen molar-refractivity contribution in [2.75, 3.05) is 0 Å². The van der Waals surface area contributed by atoms with Crippen LogP contribution in [0.3, 0.4) is 0 Å². The molecule has 1 saturated heterocycles. The van der Waals surface area contributed by atoms with Crippen LogP contribution in [0.15, 0.2) is 42.2 Å². The number of rotatable bonds is 2. The van der Waals surface area contributed by atoms with Crippen molar-refractivity contribution in [2.45, 2.75) is 70.7 Å². The summed E-state index contributed by atoms with van der Waals surface area (Å²) in [6.45, 7) is 8.17. The average molecular weight is 776 g/mol. The Morgan fingerprint density at radius 3 is 1.53 bits per heavy atom. The van der Waals surface area contributed by atoms with Gasteiger partial charge in [-0.15, -0.1) is 0 Å². The molecule has 6 aliphatic rings. The van der Waals surface area contributed by atoms with E-state index in [2.05, 4.69) is 75.9 Å². The fourth-order valence-corrected chi connectivity index (χ4v) is 11.3. The number of carbonyl (C=O) groups excluding carboxylic acids is 2. The minimum absolute atomic E-state index is 0.293. The van der Waals surface area contributed by atoms with Gasteiger partial charge >= 0.3 is 11.9 Å². The third-order valence-corrected chi connectivity index (χ3v) is 14.1. The van der Waals surface area contributed by atoms with Gasteiger partial charge in [-0.05, 0) is 127 Å². The molecule has 2 saturated carbocycles. The lowest BCUT2D eigenvalue weighted by atomic mass is 9.38. The lowest BCUT2D eigenvalue weighted by Gasteiger charge is -2.60.